The van der Waals surface area contributed by atoms with Crippen LogP contribution in [0.5, 0.6) is 11.5 Å². The Morgan fingerprint density at radius 2 is 1.83 bits per heavy atom. The van der Waals surface area contributed by atoms with Gasteiger partial charge < -0.3 is 14.9 Å². The minimum absolute atomic E-state index is 0.0187. The van der Waals surface area contributed by atoms with E-state index in [4.69, 9.17) is 16.4 Å². The third kappa shape index (κ3) is 6.26. The van der Waals surface area contributed by atoms with Crippen molar-refractivity contribution in [3.63, 3.8) is 0 Å². The van der Waals surface area contributed by atoms with E-state index in [9.17, 15) is 23.1 Å². The fourth-order valence-electron chi connectivity index (χ4n) is 2.85. The number of carbonyl (C=O) groups is 1. The highest BCUT2D eigenvalue weighted by Crippen LogP contribution is 2.46. The number of alkyl halides is 3. The van der Waals surface area contributed by atoms with Crippen LogP contribution in [0.25, 0.3) is 0 Å². The number of carbonyl (C=O) groups excluding carboxylic acids is 1. The van der Waals surface area contributed by atoms with E-state index in [-0.39, 0.29) is 29.5 Å². The molecule has 164 valence electrons. The maximum Gasteiger partial charge on any atom is 0.416 e. The van der Waals surface area contributed by atoms with Crippen molar-refractivity contribution < 1.29 is 27.8 Å². The summed E-state index contributed by atoms with van der Waals surface area (Å²) < 4.78 is 45.7. The number of amides is 1. The number of anilines is 1. The molecule has 0 spiro atoms. The Bertz CT molecular complexity index is 869. The topological polar surface area (TPSA) is 105 Å². The zero-order valence-electron chi connectivity index (χ0n) is 16.7. The molecule has 1 amide bonds. The van der Waals surface area contributed by atoms with E-state index < -0.39 is 11.7 Å². The maximum atomic E-state index is 13.3. The molecule has 3 rings (SSSR count). The molecule has 1 saturated carbocycles. The molecule has 0 atom stereocenters. The molecule has 1 aliphatic carbocycles. The molecule has 1 aliphatic rings. The Labute approximate surface area is 172 Å². The van der Waals surface area contributed by atoms with Gasteiger partial charge in [0, 0.05) is 25.2 Å². The average molecular weight is 426 g/mol. The Balaban J connectivity index is 0.000000575. The van der Waals surface area contributed by atoms with Gasteiger partial charge in [-0.2, -0.15) is 13.2 Å². The van der Waals surface area contributed by atoms with E-state index >= 15 is 0 Å². The highest BCUT2D eigenvalue weighted by Gasteiger charge is 2.35. The summed E-state index contributed by atoms with van der Waals surface area (Å²) in [5, 5.41) is 11.7. The van der Waals surface area contributed by atoms with Crippen LogP contribution in [0.4, 0.5) is 18.9 Å². The molecule has 0 aromatic heterocycles. The summed E-state index contributed by atoms with van der Waals surface area (Å²) in [6.07, 6.45) is -2.01. The van der Waals surface area contributed by atoms with Crippen molar-refractivity contribution >= 4 is 12.1 Å². The van der Waals surface area contributed by atoms with Gasteiger partial charge in [0.15, 0.2) is 0 Å². The van der Waals surface area contributed by atoms with Gasteiger partial charge in [-0.05, 0) is 49.1 Å². The number of hydrogen-bond donors (Lipinski definition) is 3. The summed E-state index contributed by atoms with van der Waals surface area (Å²) in [6.45, 7) is -0.267. The lowest BCUT2D eigenvalue weighted by Gasteiger charge is -2.22. The number of rotatable bonds is 6. The Morgan fingerprint density at radius 3 is 2.33 bits per heavy atom. The fourth-order valence-corrected chi connectivity index (χ4v) is 2.85. The summed E-state index contributed by atoms with van der Waals surface area (Å²) in [7, 11) is 2.95. The molecule has 0 unspecified atom stereocenters. The molecule has 5 N–H and O–H groups in total. The zero-order valence-corrected chi connectivity index (χ0v) is 16.7. The van der Waals surface area contributed by atoms with Gasteiger partial charge in [-0.15, -0.1) is 0 Å². The lowest BCUT2D eigenvalue weighted by atomic mass is 10.0. The number of hydrogen-bond acceptors (Lipinski definition) is 6. The van der Waals surface area contributed by atoms with E-state index in [1.54, 1.807) is 12.1 Å². The van der Waals surface area contributed by atoms with Crippen molar-refractivity contribution in [1.29, 1.82) is 0 Å². The molecule has 0 bridgehead atoms. The number of benzene rings is 2. The van der Waals surface area contributed by atoms with Gasteiger partial charge in [0.1, 0.15) is 18.1 Å². The molecule has 7 nitrogen and oxygen atoms in total. The molecule has 0 heterocycles. The highest BCUT2D eigenvalue weighted by molar-refractivity contribution is 5.56. The van der Waals surface area contributed by atoms with E-state index in [2.05, 4.69) is 0 Å². The quantitative estimate of drug-likeness (QED) is 0.284. The molecular formula is C20H25F3N4O3. The number of nitrogens with two attached hydrogens (primary N) is 2. The Morgan fingerprint density at radius 1 is 1.20 bits per heavy atom. The predicted octanol–water partition coefficient (Wildman–Crippen LogP) is 3.13. The molecular weight excluding hydrogens is 401 g/mol. The Hall–Kier alpha value is -2.98. The smallest absolute Gasteiger partial charge is 0.416 e. The van der Waals surface area contributed by atoms with Crippen molar-refractivity contribution in [1.82, 2.24) is 5.01 Å². The molecule has 2 aromatic carbocycles. The SMILES string of the molecule is CN(N)C=O.CN(N)c1cccc(C(F)(F)F)c1COc1ccc(O)cc1C1CC1. The first-order chi connectivity index (χ1) is 14.0. The van der Waals surface area contributed by atoms with Gasteiger partial charge in [0.25, 0.3) is 0 Å². The molecule has 0 aliphatic heterocycles. The number of phenolic OH excluding ortho intramolecular Hbond substituents is 1. The van der Waals surface area contributed by atoms with Crippen LogP contribution in [-0.2, 0) is 17.6 Å². The Kier molecular flexibility index (Phi) is 7.52. The monoisotopic (exact) mass is 426 g/mol. The van der Waals surface area contributed by atoms with Crippen molar-refractivity contribution in [2.24, 2.45) is 11.7 Å². The van der Waals surface area contributed by atoms with Gasteiger partial charge >= 0.3 is 6.18 Å². The van der Waals surface area contributed by atoms with Crippen LogP contribution in [0.3, 0.4) is 0 Å². The van der Waals surface area contributed by atoms with Crippen LogP contribution >= 0.6 is 0 Å². The van der Waals surface area contributed by atoms with Crippen LogP contribution in [-0.4, -0.2) is 30.6 Å². The molecule has 10 heteroatoms. The van der Waals surface area contributed by atoms with E-state index in [0.717, 1.165) is 34.5 Å². The second kappa shape index (κ2) is 9.68. The van der Waals surface area contributed by atoms with Crippen LogP contribution in [0, 0.1) is 0 Å². The number of halogens is 3. The third-order valence-corrected chi connectivity index (χ3v) is 4.39. The summed E-state index contributed by atoms with van der Waals surface area (Å²) >= 11 is 0. The summed E-state index contributed by atoms with van der Waals surface area (Å²) in [5.74, 6) is 11.3. The number of aromatic hydroxyl groups is 1. The fraction of sp³-hybridized carbons (Fsp3) is 0.350. The summed E-state index contributed by atoms with van der Waals surface area (Å²) in [6, 6.07) is 8.52. The largest absolute Gasteiger partial charge is 0.508 e. The van der Waals surface area contributed by atoms with Crippen molar-refractivity contribution in [3.8, 4) is 11.5 Å². The number of ether oxygens (including phenoxy) is 1. The van der Waals surface area contributed by atoms with Crippen LogP contribution in [0.15, 0.2) is 36.4 Å². The summed E-state index contributed by atoms with van der Waals surface area (Å²) in [4.78, 5) is 9.31. The summed E-state index contributed by atoms with van der Waals surface area (Å²) in [5.41, 5.74) is 0.289. The van der Waals surface area contributed by atoms with Crippen LogP contribution < -0.4 is 21.4 Å². The lowest BCUT2D eigenvalue weighted by molar-refractivity contribution is -0.138. The standard InChI is InChI=1S/C18H19F3N2O2.C2H6N2O/c1-23(22)16-4-2-3-15(18(19,20)21)14(16)10-25-17-8-7-12(24)9-13(17)11-5-6-11;1-4(3)2-5/h2-4,7-9,11,24H,5-6,10,22H2,1H3;2H,3H2,1H3. The van der Waals surface area contributed by atoms with Crippen LogP contribution in [0.2, 0.25) is 0 Å². The van der Waals surface area contributed by atoms with Crippen LogP contribution in [0.1, 0.15) is 35.4 Å². The molecule has 0 saturated heterocycles. The zero-order chi connectivity index (χ0) is 22.5. The number of phenols is 1. The third-order valence-electron chi connectivity index (χ3n) is 4.39. The first-order valence-corrected chi connectivity index (χ1v) is 9.10. The first-order valence-electron chi connectivity index (χ1n) is 9.10. The predicted molar refractivity (Wildman–Crippen MR) is 106 cm³/mol. The minimum Gasteiger partial charge on any atom is -0.508 e. The lowest BCUT2D eigenvalue weighted by Crippen LogP contribution is -2.27. The molecule has 0 radical (unpaired) electrons. The first kappa shape index (κ1) is 23.3. The molecule has 1 fully saturated rings. The number of nitrogens with zero attached hydrogens (tertiary/aromatic N) is 2. The molecule has 2 aromatic rings. The van der Waals surface area contributed by atoms with Crippen molar-refractivity contribution in [2.75, 3.05) is 19.1 Å². The average Bonchev–Trinajstić information content (AvgIpc) is 3.51. The second-order valence-electron chi connectivity index (χ2n) is 6.97. The van der Waals surface area contributed by atoms with Crippen molar-refractivity contribution in [2.45, 2.75) is 31.5 Å². The van der Waals surface area contributed by atoms with Gasteiger partial charge in [0.2, 0.25) is 6.41 Å². The van der Waals surface area contributed by atoms with Crippen molar-refractivity contribution in [3.05, 3.63) is 53.1 Å². The van der Waals surface area contributed by atoms with E-state index in [1.807, 2.05) is 0 Å². The molecule has 30 heavy (non-hydrogen) atoms. The normalized spacial score (nSPS) is 13.2. The minimum atomic E-state index is -4.50. The number of hydrazine groups is 2. The van der Waals surface area contributed by atoms with E-state index in [0.29, 0.717) is 12.2 Å². The van der Waals surface area contributed by atoms with Gasteiger partial charge in [0.05, 0.1) is 11.3 Å². The maximum absolute atomic E-state index is 13.3. The van der Waals surface area contributed by atoms with E-state index in [1.165, 1.54) is 32.3 Å². The van der Waals surface area contributed by atoms with Gasteiger partial charge in [-0.25, -0.2) is 11.7 Å². The van der Waals surface area contributed by atoms with Gasteiger partial charge in [-0.1, -0.05) is 6.07 Å². The highest BCUT2D eigenvalue weighted by atomic mass is 19.4. The van der Waals surface area contributed by atoms with Gasteiger partial charge in [-0.3, -0.25) is 9.80 Å². The second-order valence-corrected chi connectivity index (χ2v) is 6.97.